The summed E-state index contributed by atoms with van der Waals surface area (Å²) in [4.78, 5) is 0. The molecule has 0 heterocycles. The zero-order valence-electron chi connectivity index (χ0n) is 48.3. The van der Waals surface area contributed by atoms with Crippen LogP contribution in [0.2, 0.25) is 0 Å². The first-order chi connectivity index (χ1) is 33.2. The second-order valence-electron chi connectivity index (χ2n) is 23.3. The van der Waals surface area contributed by atoms with Gasteiger partial charge in [0.15, 0.2) is 0 Å². The lowest BCUT2D eigenvalue weighted by atomic mass is 10.0. The van der Waals surface area contributed by atoms with Gasteiger partial charge in [-0.3, -0.25) is 0 Å². The van der Waals surface area contributed by atoms with Crippen molar-refractivity contribution in [3.63, 3.8) is 0 Å². The highest BCUT2D eigenvalue weighted by molar-refractivity contribution is 4.58. The highest BCUT2D eigenvalue weighted by Gasteiger charge is 2.26. The Morgan fingerprint density at radius 2 is 0.209 bits per heavy atom. The van der Waals surface area contributed by atoms with E-state index in [0.29, 0.717) is 0 Å². The van der Waals surface area contributed by atoms with Gasteiger partial charge in [-0.1, -0.05) is 349 Å². The van der Waals surface area contributed by atoms with Crippen molar-refractivity contribution in [1.82, 2.24) is 0 Å². The van der Waals surface area contributed by atoms with Gasteiger partial charge in [-0.2, -0.15) is 0 Å². The van der Waals surface area contributed by atoms with Crippen molar-refractivity contribution in [2.75, 3.05) is 26.2 Å². The first kappa shape index (κ1) is 67.0. The van der Waals surface area contributed by atoms with E-state index in [1.165, 1.54) is 403 Å². The van der Waals surface area contributed by atoms with Gasteiger partial charge in [-0.25, -0.2) is 0 Å². The first-order valence-corrected chi connectivity index (χ1v) is 33.1. The second kappa shape index (κ2) is 60.3. The average molecular weight is 944 g/mol. The molecule has 0 aromatic carbocycles. The van der Waals surface area contributed by atoms with Crippen molar-refractivity contribution < 1.29 is 4.48 Å². The van der Waals surface area contributed by atoms with E-state index in [1.807, 2.05) is 0 Å². The maximum atomic E-state index is 2.35. The van der Waals surface area contributed by atoms with E-state index in [9.17, 15) is 0 Å². The van der Waals surface area contributed by atoms with Crippen LogP contribution < -0.4 is 0 Å². The standard InChI is InChI=1S/C66H136N/c1-5-9-13-17-21-25-29-32-35-38-41-44-48-52-56-60-64-67(63-59-55-51-47-28-24-20-16-12-8-4,65-61-57-53-49-45-42-39-36-33-30-26-22-18-14-10-6-2)66-62-58-54-50-46-43-40-37-34-31-27-23-19-15-11-7-3/h5-66H2,1-4H3/q+1. The van der Waals surface area contributed by atoms with Gasteiger partial charge < -0.3 is 4.48 Å². The largest absolute Gasteiger partial charge is 0.324 e. The van der Waals surface area contributed by atoms with Gasteiger partial charge in [0.2, 0.25) is 0 Å². The summed E-state index contributed by atoms with van der Waals surface area (Å²) in [6.45, 7) is 15.3. The fourth-order valence-electron chi connectivity index (χ4n) is 11.6. The van der Waals surface area contributed by atoms with Crippen LogP contribution in [0.1, 0.15) is 400 Å². The molecule has 0 saturated heterocycles. The van der Waals surface area contributed by atoms with Crippen LogP contribution in [0.4, 0.5) is 0 Å². The van der Waals surface area contributed by atoms with Crippen LogP contribution >= 0.6 is 0 Å². The van der Waals surface area contributed by atoms with Gasteiger partial charge in [0.05, 0.1) is 26.2 Å². The van der Waals surface area contributed by atoms with Crippen molar-refractivity contribution in [1.29, 1.82) is 0 Å². The molecule has 0 atom stereocenters. The zero-order valence-corrected chi connectivity index (χ0v) is 48.3. The molecule has 1 heteroatoms. The molecule has 0 aliphatic heterocycles. The Hall–Kier alpha value is -0.0400. The lowest BCUT2D eigenvalue weighted by Crippen LogP contribution is -2.50. The van der Waals surface area contributed by atoms with E-state index in [2.05, 4.69) is 27.7 Å². The van der Waals surface area contributed by atoms with Crippen molar-refractivity contribution in [3.8, 4) is 0 Å². The number of hydrogen-bond acceptors (Lipinski definition) is 0. The Kier molecular flexibility index (Phi) is 60.2. The number of quaternary nitrogens is 1. The predicted octanol–water partition coefficient (Wildman–Crippen LogP) is 24.5. The second-order valence-corrected chi connectivity index (χ2v) is 23.3. The van der Waals surface area contributed by atoms with Gasteiger partial charge in [-0.15, -0.1) is 0 Å². The summed E-state index contributed by atoms with van der Waals surface area (Å²) in [5.41, 5.74) is 0. The van der Waals surface area contributed by atoms with Crippen LogP contribution in [-0.2, 0) is 0 Å². The summed E-state index contributed by atoms with van der Waals surface area (Å²) >= 11 is 0. The Bertz CT molecular complexity index is 745. The molecule has 0 N–H and O–H groups in total. The molecule has 404 valence electrons. The SMILES string of the molecule is CCCCCCCCCCCCCCCCCC[N+](CCCCCCCCCCCC)(CCCCCCCCCCCCCCCCCC)CCCCCCCCCCCCCCCCCC. The van der Waals surface area contributed by atoms with Crippen molar-refractivity contribution in [2.24, 2.45) is 0 Å². The Morgan fingerprint density at radius 3 is 0.313 bits per heavy atom. The fraction of sp³-hybridized carbons (Fsp3) is 1.00. The maximum Gasteiger partial charge on any atom is 0.0786 e. The van der Waals surface area contributed by atoms with Gasteiger partial charge in [0, 0.05) is 0 Å². The molecule has 67 heavy (non-hydrogen) atoms. The minimum Gasteiger partial charge on any atom is -0.324 e. The highest BCUT2D eigenvalue weighted by atomic mass is 15.3. The van der Waals surface area contributed by atoms with E-state index in [0.717, 1.165) is 0 Å². The van der Waals surface area contributed by atoms with Crippen molar-refractivity contribution in [3.05, 3.63) is 0 Å². The molecule has 0 spiro atoms. The lowest BCUT2D eigenvalue weighted by Gasteiger charge is -2.40. The third-order valence-corrected chi connectivity index (χ3v) is 16.4. The highest BCUT2D eigenvalue weighted by Crippen LogP contribution is 2.23. The average Bonchev–Trinajstić information content (AvgIpc) is 3.34. The van der Waals surface area contributed by atoms with Crippen LogP contribution in [0.3, 0.4) is 0 Å². The summed E-state index contributed by atoms with van der Waals surface area (Å²) in [6, 6.07) is 0. The van der Waals surface area contributed by atoms with E-state index in [-0.39, 0.29) is 0 Å². The summed E-state index contributed by atoms with van der Waals surface area (Å²) < 4.78 is 1.49. The minimum absolute atomic E-state index is 1.37. The number of rotatable bonds is 62. The third-order valence-electron chi connectivity index (χ3n) is 16.4. The van der Waals surface area contributed by atoms with E-state index in [4.69, 9.17) is 0 Å². The summed E-state index contributed by atoms with van der Waals surface area (Å²) in [5.74, 6) is 0. The van der Waals surface area contributed by atoms with E-state index in [1.54, 1.807) is 0 Å². The van der Waals surface area contributed by atoms with Crippen LogP contribution in [0.5, 0.6) is 0 Å². The normalized spacial score (nSPS) is 12.0. The maximum absolute atomic E-state index is 2.35. The van der Waals surface area contributed by atoms with Gasteiger partial charge in [-0.05, 0) is 51.4 Å². The van der Waals surface area contributed by atoms with Crippen LogP contribution in [-0.4, -0.2) is 30.7 Å². The molecule has 0 aliphatic rings. The smallest absolute Gasteiger partial charge is 0.0786 e. The molecule has 1 nitrogen and oxygen atoms in total. The molecule has 0 amide bonds. The van der Waals surface area contributed by atoms with Gasteiger partial charge in [0.1, 0.15) is 0 Å². The fourth-order valence-corrected chi connectivity index (χ4v) is 11.6. The number of nitrogens with zero attached hydrogens (tertiary/aromatic N) is 1. The van der Waals surface area contributed by atoms with E-state index < -0.39 is 0 Å². The van der Waals surface area contributed by atoms with E-state index >= 15 is 0 Å². The Balaban J connectivity index is 4.87. The molecule has 0 bridgehead atoms. The molecular formula is C66H136N+. The van der Waals surface area contributed by atoms with Crippen LogP contribution in [0.15, 0.2) is 0 Å². The molecule has 0 aliphatic carbocycles. The van der Waals surface area contributed by atoms with Crippen molar-refractivity contribution in [2.45, 2.75) is 400 Å². The molecule has 0 unspecified atom stereocenters. The quantitative estimate of drug-likeness (QED) is 0.0421. The molecule has 0 aromatic heterocycles. The van der Waals surface area contributed by atoms with Crippen molar-refractivity contribution >= 4 is 0 Å². The van der Waals surface area contributed by atoms with Crippen LogP contribution in [0.25, 0.3) is 0 Å². The summed E-state index contributed by atoms with van der Waals surface area (Å²) in [5, 5.41) is 0. The summed E-state index contributed by atoms with van der Waals surface area (Å²) in [6.07, 6.45) is 85.7. The summed E-state index contributed by atoms with van der Waals surface area (Å²) in [7, 11) is 0. The molecular weight excluding hydrogens is 807 g/mol. The Morgan fingerprint density at radius 1 is 0.119 bits per heavy atom. The van der Waals surface area contributed by atoms with Crippen LogP contribution in [0, 0.1) is 0 Å². The minimum atomic E-state index is 1.37. The monoisotopic (exact) mass is 943 g/mol. The lowest BCUT2D eigenvalue weighted by molar-refractivity contribution is -0.929. The third kappa shape index (κ3) is 55.1. The predicted molar refractivity (Wildman–Crippen MR) is 310 cm³/mol. The molecule has 0 rings (SSSR count). The molecule has 0 aromatic rings. The van der Waals surface area contributed by atoms with Gasteiger partial charge >= 0.3 is 0 Å². The Labute approximate surface area is 428 Å². The molecule has 0 saturated carbocycles. The number of hydrogen-bond donors (Lipinski definition) is 0. The topological polar surface area (TPSA) is 0 Å². The molecule has 0 fully saturated rings. The molecule has 0 radical (unpaired) electrons. The number of unbranched alkanes of at least 4 members (excludes halogenated alkanes) is 54. The van der Waals surface area contributed by atoms with Gasteiger partial charge in [0.25, 0.3) is 0 Å². The first-order valence-electron chi connectivity index (χ1n) is 33.1. The zero-order chi connectivity index (χ0) is 48.3.